The molecule has 0 bridgehead atoms. The Labute approximate surface area is 190 Å². The molecule has 1 amide bonds. The van der Waals surface area contributed by atoms with E-state index >= 15 is 0 Å². The highest BCUT2D eigenvalue weighted by atomic mass is 31.2. The molecule has 0 aliphatic carbocycles. The number of imidazole rings is 1. The van der Waals surface area contributed by atoms with Crippen LogP contribution in [0.2, 0.25) is 0 Å². The molecule has 0 fully saturated rings. The van der Waals surface area contributed by atoms with E-state index in [0.29, 0.717) is 11.2 Å². The molecule has 0 aromatic carbocycles. The summed E-state index contributed by atoms with van der Waals surface area (Å²) >= 11 is 0. The van der Waals surface area contributed by atoms with E-state index in [1.54, 1.807) is 39.2 Å². The first-order valence-corrected chi connectivity index (χ1v) is 11.8. The van der Waals surface area contributed by atoms with Crippen LogP contribution in [0, 0.1) is 0 Å². The van der Waals surface area contributed by atoms with Gasteiger partial charge in [-0.3, -0.25) is 14.4 Å². The van der Waals surface area contributed by atoms with Crippen molar-refractivity contribution in [2.45, 2.75) is 59.5 Å². The fraction of sp³-hybridized carbons (Fsp3) is 0.611. The summed E-state index contributed by atoms with van der Waals surface area (Å²) in [6, 6.07) is 0. The normalized spacial score (nSPS) is 14.2. The lowest BCUT2D eigenvalue weighted by Gasteiger charge is -2.17. The second kappa shape index (κ2) is 11.9. The van der Waals surface area contributed by atoms with E-state index in [0.717, 1.165) is 0 Å². The number of aromatic nitrogens is 4. The van der Waals surface area contributed by atoms with Crippen molar-refractivity contribution in [1.29, 1.82) is 0 Å². The van der Waals surface area contributed by atoms with Gasteiger partial charge >= 0.3 is 19.8 Å². The van der Waals surface area contributed by atoms with Gasteiger partial charge in [0.1, 0.15) is 12.7 Å². The molecular formula is C18H28N5O9P. The third-order valence-corrected chi connectivity index (χ3v) is 4.69. The Morgan fingerprint density at radius 2 is 1.82 bits per heavy atom. The monoisotopic (exact) mass is 489 g/mol. The van der Waals surface area contributed by atoms with Crippen molar-refractivity contribution < 1.29 is 42.5 Å². The van der Waals surface area contributed by atoms with Crippen molar-refractivity contribution in [2.24, 2.45) is 0 Å². The minimum absolute atomic E-state index is 0.183. The Bertz CT molecular complexity index is 997. The Morgan fingerprint density at radius 3 is 2.48 bits per heavy atom. The first-order valence-electron chi connectivity index (χ1n) is 10.0. The fourth-order valence-electron chi connectivity index (χ4n) is 2.42. The van der Waals surface area contributed by atoms with Gasteiger partial charge in [0.2, 0.25) is 6.79 Å². The van der Waals surface area contributed by atoms with Gasteiger partial charge < -0.3 is 28.4 Å². The smallest absolute Gasteiger partial charge is 0.447 e. The molecule has 2 N–H and O–H groups in total. The van der Waals surface area contributed by atoms with Crippen molar-refractivity contribution >= 4 is 36.8 Å². The van der Waals surface area contributed by atoms with Crippen molar-refractivity contribution in [2.75, 3.05) is 18.5 Å². The van der Waals surface area contributed by atoms with Crippen LogP contribution in [0.4, 0.5) is 15.4 Å². The Balaban J connectivity index is 1.89. The predicted octanol–water partition coefficient (Wildman–Crippen LogP) is 2.87. The highest BCUT2D eigenvalue weighted by Gasteiger charge is 2.23. The molecular weight excluding hydrogens is 461 g/mol. The summed E-state index contributed by atoms with van der Waals surface area (Å²) in [6.45, 7) is 7.83. The number of anilines is 1. The van der Waals surface area contributed by atoms with Gasteiger partial charge in [-0.1, -0.05) is 0 Å². The largest absolute Gasteiger partial charge is 0.510 e. The van der Waals surface area contributed by atoms with Crippen LogP contribution in [0.15, 0.2) is 12.7 Å². The van der Waals surface area contributed by atoms with E-state index in [4.69, 9.17) is 14.2 Å². The van der Waals surface area contributed by atoms with Gasteiger partial charge in [0.15, 0.2) is 17.0 Å². The average molecular weight is 489 g/mol. The number of carbonyl (C=O) groups is 2. The molecule has 184 valence electrons. The molecule has 33 heavy (non-hydrogen) atoms. The minimum atomic E-state index is -4.18. The van der Waals surface area contributed by atoms with Gasteiger partial charge in [0.25, 0.3) is 0 Å². The molecule has 2 atom stereocenters. The molecule has 2 aromatic rings. The summed E-state index contributed by atoms with van der Waals surface area (Å²) in [7, 11) is -4.18. The topological polar surface area (TPSA) is 173 Å². The average Bonchev–Trinajstić information content (AvgIpc) is 3.09. The van der Waals surface area contributed by atoms with Crippen LogP contribution < -0.4 is 5.32 Å². The second-order valence-corrected chi connectivity index (χ2v) is 9.21. The minimum Gasteiger partial charge on any atom is -0.447 e. The van der Waals surface area contributed by atoms with Crippen molar-refractivity contribution in [3.63, 3.8) is 0 Å². The number of fused-ring (bicyclic) bond motifs is 1. The molecule has 2 aromatic heterocycles. The van der Waals surface area contributed by atoms with E-state index in [9.17, 15) is 19.0 Å². The van der Waals surface area contributed by atoms with Crippen LogP contribution in [0.5, 0.6) is 0 Å². The van der Waals surface area contributed by atoms with Crippen LogP contribution in [-0.2, 0) is 34.6 Å². The standard InChI is InChI=1S/C18H28N5O9P/c1-11(2)31-17(24)22-15-14-16(20-7-19-15)23(8-21-14)6-13(5)29-10-33(26,27)30-9-28-18(25)32-12(3)4/h7-8,11-13H,6,9-10H2,1-5H3,(H,26,27)(H,19,20,22,24). The zero-order chi connectivity index (χ0) is 24.6. The molecule has 0 saturated heterocycles. The third kappa shape index (κ3) is 8.92. The number of carbonyl (C=O) groups excluding carboxylic acids is 2. The summed E-state index contributed by atoms with van der Waals surface area (Å²) in [5.41, 5.74) is 0.757. The lowest BCUT2D eigenvalue weighted by Crippen LogP contribution is -2.19. The molecule has 0 aliphatic rings. The maximum Gasteiger partial charge on any atom is 0.510 e. The quantitative estimate of drug-likeness (QED) is 0.269. The summed E-state index contributed by atoms with van der Waals surface area (Å²) in [5.74, 6) is 0.183. The van der Waals surface area contributed by atoms with E-state index in [1.807, 2.05) is 0 Å². The molecule has 0 saturated carbocycles. The lowest BCUT2D eigenvalue weighted by molar-refractivity contribution is -0.0152. The molecule has 0 radical (unpaired) electrons. The number of ether oxygens (including phenoxy) is 4. The number of rotatable bonds is 11. The summed E-state index contributed by atoms with van der Waals surface area (Å²) < 4.78 is 38.1. The van der Waals surface area contributed by atoms with E-state index in [1.165, 1.54) is 12.7 Å². The number of hydrogen-bond acceptors (Lipinski definition) is 11. The summed E-state index contributed by atoms with van der Waals surface area (Å²) in [4.78, 5) is 45.3. The van der Waals surface area contributed by atoms with Crippen LogP contribution in [0.3, 0.4) is 0 Å². The van der Waals surface area contributed by atoms with Crippen LogP contribution in [0.1, 0.15) is 34.6 Å². The molecule has 0 spiro atoms. The maximum atomic E-state index is 12.0. The first-order chi connectivity index (χ1) is 15.5. The number of nitrogens with zero attached hydrogens (tertiary/aromatic N) is 4. The van der Waals surface area contributed by atoms with Crippen molar-refractivity contribution in [3.8, 4) is 0 Å². The van der Waals surface area contributed by atoms with Crippen LogP contribution in [0.25, 0.3) is 11.2 Å². The second-order valence-electron chi connectivity index (χ2n) is 7.42. The summed E-state index contributed by atoms with van der Waals surface area (Å²) in [6.07, 6.45) is -0.825. The number of nitrogens with one attached hydrogen (secondary N) is 1. The SMILES string of the molecule is CC(C)OC(=O)Nc1ncnc2c1ncn2CC(C)OCP(=O)(O)OCOC(=O)OC(C)C. The molecule has 14 nitrogen and oxygen atoms in total. The highest BCUT2D eigenvalue weighted by Crippen LogP contribution is 2.42. The van der Waals surface area contributed by atoms with Gasteiger partial charge in [-0.25, -0.2) is 24.5 Å². The molecule has 2 rings (SSSR count). The van der Waals surface area contributed by atoms with Gasteiger partial charge in [-0.2, -0.15) is 0 Å². The first kappa shape index (κ1) is 26.5. The third-order valence-electron chi connectivity index (χ3n) is 3.70. The van der Waals surface area contributed by atoms with Gasteiger partial charge in [0, 0.05) is 0 Å². The number of hydrogen-bond donors (Lipinski definition) is 2. The van der Waals surface area contributed by atoms with Gasteiger partial charge in [-0.15, -0.1) is 0 Å². The molecule has 2 heterocycles. The van der Waals surface area contributed by atoms with E-state index in [2.05, 4.69) is 29.5 Å². The molecule has 2 unspecified atom stereocenters. The predicted molar refractivity (Wildman–Crippen MR) is 114 cm³/mol. The zero-order valence-electron chi connectivity index (χ0n) is 19.0. The highest BCUT2D eigenvalue weighted by molar-refractivity contribution is 7.52. The Morgan fingerprint density at radius 1 is 1.12 bits per heavy atom. The van der Waals surface area contributed by atoms with E-state index < -0.39 is 45.2 Å². The molecule has 15 heteroatoms. The van der Waals surface area contributed by atoms with Crippen LogP contribution >= 0.6 is 7.60 Å². The van der Waals surface area contributed by atoms with Crippen molar-refractivity contribution in [3.05, 3.63) is 12.7 Å². The van der Waals surface area contributed by atoms with Crippen LogP contribution in [-0.4, -0.2) is 68.1 Å². The Hall–Kier alpha value is -2.80. The Kier molecular flexibility index (Phi) is 9.53. The van der Waals surface area contributed by atoms with Gasteiger partial charge in [-0.05, 0) is 34.6 Å². The van der Waals surface area contributed by atoms with Crippen molar-refractivity contribution in [1.82, 2.24) is 19.5 Å². The van der Waals surface area contributed by atoms with E-state index in [-0.39, 0.29) is 18.5 Å². The molecule has 0 aliphatic heterocycles. The van der Waals surface area contributed by atoms with Gasteiger partial charge in [0.05, 0.1) is 31.2 Å². The fourth-order valence-corrected chi connectivity index (χ4v) is 3.15. The zero-order valence-corrected chi connectivity index (χ0v) is 19.9. The number of amides is 1. The lowest BCUT2D eigenvalue weighted by atomic mass is 10.4. The summed E-state index contributed by atoms with van der Waals surface area (Å²) in [5, 5.41) is 2.52. The maximum absolute atomic E-state index is 12.0.